The van der Waals surface area contributed by atoms with Gasteiger partial charge in [0.1, 0.15) is 0 Å². The molecular weight excluding hydrogens is 272 g/mol. The third kappa shape index (κ3) is 3.41. The quantitative estimate of drug-likeness (QED) is 0.828. The minimum absolute atomic E-state index is 0.0367. The predicted octanol–water partition coefficient (Wildman–Crippen LogP) is -0.284. The molecule has 1 atom stereocenters. The van der Waals surface area contributed by atoms with Crippen LogP contribution in [0.1, 0.15) is 19.0 Å². The van der Waals surface area contributed by atoms with Crippen molar-refractivity contribution in [3.05, 3.63) is 18.0 Å². The summed E-state index contributed by atoms with van der Waals surface area (Å²) in [7, 11) is 3.43. The van der Waals surface area contributed by atoms with E-state index in [2.05, 4.69) is 10.4 Å². The first-order valence-electron chi connectivity index (χ1n) is 7.07. The highest BCUT2D eigenvalue weighted by Gasteiger charge is 2.39. The fourth-order valence-electron chi connectivity index (χ4n) is 2.52. The number of amides is 2. The van der Waals surface area contributed by atoms with Crippen molar-refractivity contribution in [2.45, 2.75) is 25.4 Å². The number of aromatic nitrogens is 2. The molecule has 1 aromatic heterocycles. The van der Waals surface area contributed by atoms with Gasteiger partial charge < -0.3 is 15.0 Å². The Kier molecular flexibility index (Phi) is 4.62. The van der Waals surface area contributed by atoms with Crippen molar-refractivity contribution in [1.29, 1.82) is 0 Å². The zero-order valence-electron chi connectivity index (χ0n) is 12.8. The van der Waals surface area contributed by atoms with E-state index in [1.165, 1.54) is 0 Å². The number of nitrogens with one attached hydrogen (secondary N) is 1. The van der Waals surface area contributed by atoms with Crippen LogP contribution < -0.4 is 5.32 Å². The van der Waals surface area contributed by atoms with Gasteiger partial charge in [0, 0.05) is 39.0 Å². The third-order valence-electron chi connectivity index (χ3n) is 3.85. The lowest BCUT2D eigenvalue weighted by Crippen LogP contribution is -2.58. The fourth-order valence-corrected chi connectivity index (χ4v) is 2.52. The van der Waals surface area contributed by atoms with E-state index in [4.69, 9.17) is 4.74 Å². The molecule has 0 spiro atoms. The second kappa shape index (κ2) is 6.26. The van der Waals surface area contributed by atoms with Crippen molar-refractivity contribution >= 4 is 11.8 Å². The summed E-state index contributed by atoms with van der Waals surface area (Å²) < 4.78 is 7.31. The van der Waals surface area contributed by atoms with Gasteiger partial charge in [-0.1, -0.05) is 0 Å². The van der Waals surface area contributed by atoms with E-state index in [1.54, 1.807) is 29.7 Å². The summed E-state index contributed by atoms with van der Waals surface area (Å²) >= 11 is 0. The van der Waals surface area contributed by atoms with Crippen molar-refractivity contribution in [2.24, 2.45) is 7.05 Å². The Morgan fingerprint density at radius 2 is 2.29 bits per heavy atom. The molecule has 0 radical (unpaired) electrons. The zero-order valence-corrected chi connectivity index (χ0v) is 12.8. The summed E-state index contributed by atoms with van der Waals surface area (Å²) in [5.41, 5.74) is 0.0560. The molecule has 7 nitrogen and oxygen atoms in total. The van der Waals surface area contributed by atoms with E-state index in [0.717, 1.165) is 5.69 Å². The normalized spacial score (nSPS) is 22.1. The van der Waals surface area contributed by atoms with Gasteiger partial charge >= 0.3 is 0 Å². The van der Waals surface area contributed by atoms with Gasteiger partial charge in [0.05, 0.1) is 13.2 Å². The van der Waals surface area contributed by atoms with Gasteiger partial charge in [0.25, 0.3) is 5.91 Å². The average molecular weight is 294 g/mol. The monoisotopic (exact) mass is 294 g/mol. The Bertz CT molecular complexity index is 528. The number of likely N-dealkylation sites (N-methyl/N-ethyl adjacent to an activating group) is 1. The van der Waals surface area contributed by atoms with Crippen LogP contribution >= 0.6 is 0 Å². The molecule has 1 aliphatic heterocycles. The molecule has 1 unspecified atom stereocenters. The Morgan fingerprint density at radius 1 is 1.52 bits per heavy atom. The van der Waals surface area contributed by atoms with Gasteiger partial charge in [-0.15, -0.1) is 0 Å². The molecule has 21 heavy (non-hydrogen) atoms. The van der Waals surface area contributed by atoms with Crippen LogP contribution in [0.2, 0.25) is 0 Å². The number of hydrogen-bond donors (Lipinski definition) is 1. The molecule has 0 bridgehead atoms. The molecule has 0 aliphatic carbocycles. The molecule has 1 aliphatic rings. The summed E-state index contributed by atoms with van der Waals surface area (Å²) in [6, 6.07) is 1.90. The SMILES string of the molecule is CNC(=O)C1(C)CN(C(=O)CCc2ccnn2C)CCO1. The highest BCUT2D eigenvalue weighted by molar-refractivity contribution is 5.86. The van der Waals surface area contributed by atoms with Crippen LogP contribution in [-0.4, -0.2) is 58.8 Å². The van der Waals surface area contributed by atoms with Gasteiger partial charge in [-0.25, -0.2) is 0 Å². The van der Waals surface area contributed by atoms with Crippen molar-refractivity contribution < 1.29 is 14.3 Å². The summed E-state index contributed by atoms with van der Waals surface area (Å²) in [6.45, 7) is 2.90. The summed E-state index contributed by atoms with van der Waals surface area (Å²) in [6.07, 6.45) is 2.77. The Balaban J connectivity index is 1.93. The lowest BCUT2D eigenvalue weighted by molar-refractivity contribution is -0.162. The highest BCUT2D eigenvalue weighted by Crippen LogP contribution is 2.19. The smallest absolute Gasteiger partial charge is 0.253 e. The van der Waals surface area contributed by atoms with E-state index >= 15 is 0 Å². The molecule has 1 N–H and O–H groups in total. The van der Waals surface area contributed by atoms with Gasteiger partial charge in [0.2, 0.25) is 5.91 Å². The number of aryl methyl sites for hydroxylation is 2. The van der Waals surface area contributed by atoms with Crippen molar-refractivity contribution in [2.75, 3.05) is 26.7 Å². The lowest BCUT2D eigenvalue weighted by Gasteiger charge is -2.39. The Hall–Kier alpha value is -1.89. The molecule has 0 aromatic carbocycles. The van der Waals surface area contributed by atoms with Crippen molar-refractivity contribution in [1.82, 2.24) is 20.0 Å². The third-order valence-corrected chi connectivity index (χ3v) is 3.85. The van der Waals surface area contributed by atoms with E-state index in [-0.39, 0.29) is 18.4 Å². The average Bonchev–Trinajstić information content (AvgIpc) is 2.89. The minimum Gasteiger partial charge on any atom is -0.362 e. The molecule has 1 fully saturated rings. The minimum atomic E-state index is -0.963. The Morgan fingerprint density at radius 3 is 2.90 bits per heavy atom. The van der Waals surface area contributed by atoms with Gasteiger partial charge in [-0.2, -0.15) is 5.10 Å². The fraction of sp³-hybridized carbons (Fsp3) is 0.643. The lowest BCUT2D eigenvalue weighted by atomic mass is 10.0. The molecule has 1 aromatic rings. The number of morpholine rings is 1. The summed E-state index contributed by atoms with van der Waals surface area (Å²) in [5.74, 6) is -0.165. The van der Waals surface area contributed by atoms with Crippen LogP contribution in [0.5, 0.6) is 0 Å². The van der Waals surface area contributed by atoms with Gasteiger partial charge in [-0.05, 0) is 19.4 Å². The highest BCUT2D eigenvalue weighted by atomic mass is 16.5. The predicted molar refractivity (Wildman–Crippen MR) is 76.5 cm³/mol. The van der Waals surface area contributed by atoms with Crippen LogP contribution in [0, 0.1) is 0 Å². The maximum Gasteiger partial charge on any atom is 0.253 e. The number of rotatable bonds is 4. The molecule has 2 amide bonds. The van der Waals surface area contributed by atoms with Crippen molar-refractivity contribution in [3.63, 3.8) is 0 Å². The molecule has 1 saturated heterocycles. The molecule has 116 valence electrons. The van der Waals surface area contributed by atoms with Crippen LogP contribution in [0.25, 0.3) is 0 Å². The van der Waals surface area contributed by atoms with Crippen LogP contribution in [-0.2, 0) is 27.8 Å². The van der Waals surface area contributed by atoms with Crippen LogP contribution in [0.4, 0.5) is 0 Å². The van der Waals surface area contributed by atoms with Crippen molar-refractivity contribution in [3.8, 4) is 0 Å². The molecule has 2 heterocycles. The second-order valence-corrected chi connectivity index (χ2v) is 5.42. The number of carbonyl (C=O) groups is 2. The summed E-state index contributed by atoms with van der Waals surface area (Å²) in [5, 5.41) is 6.67. The zero-order chi connectivity index (χ0) is 15.5. The van der Waals surface area contributed by atoms with E-state index < -0.39 is 5.60 Å². The second-order valence-electron chi connectivity index (χ2n) is 5.42. The number of nitrogens with zero attached hydrogens (tertiary/aromatic N) is 3. The molecule has 7 heteroatoms. The molecule has 2 rings (SSSR count). The first kappa shape index (κ1) is 15.5. The van der Waals surface area contributed by atoms with Crippen LogP contribution in [0.3, 0.4) is 0 Å². The maximum atomic E-state index is 12.3. The van der Waals surface area contributed by atoms with E-state index in [9.17, 15) is 9.59 Å². The topological polar surface area (TPSA) is 76.5 Å². The van der Waals surface area contributed by atoms with E-state index in [1.807, 2.05) is 13.1 Å². The largest absolute Gasteiger partial charge is 0.362 e. The summed E-state index contributed by atoms with van der Waals surface area (Å²) in [4.78, 5) is 25.9. The Labute approximate surface area is 124 Å². The number of carbonyl (C=O) groups excluding carboxylic acids is 2. The first-order chi connectivity index (χ1) is 9.96. The van der Waals surface area contributed by atoms with Crippen LogP contribution in [0.15, 0.2) is 12.3 Å². The first-order valence-corrected chi connectivity index (χ1v) is 7.07. The van der Waals surface area contributed by atoms with Gasteiger partial charge in [-0.3, -0.25) is 14.3 Å². The van der Waals surface area contributed by atoms with Gasteiger partial charge in [0.15, 0.2) is 5.60 Å². The standard InChI is InChI=1S/C14H22N4O3/c1-14(13(20)15-2)10-18(8-9-21-14)12(19)5-4-11-6-7-16-17(11)3/h6-7H,4-5,8-10H2,1-3H3,(H,15,20). The van der Waals surface area contributed by atoms with E-state index in [0.29, 0.717) is 26.0 Å². The number of ether oxygens (including phenoxy) is 1. The molecular formula is C14H22N4O3. The molecule has 0 saturated carbocycles. The number of hydrogen-bond acceptors (Lipinski definition) is 4. The maximum absolute atomic E-state index is 12.3.